The Morgan fingerprint density at radius 3 is 0.771 bits per heavy atom. The lowest BCUT2D eigenvalue weighted by atomic mass is 10.1. The standard InChI is InChI=1S/C77H116O6/c1-4-7-10-13-16-19-22-25-27-29-31-33-35-37-38-40-41-43-45-47-49-52-55-58-61-64-67-70-76(79)82-73-74(72-81-75(78)69-66-63-60-57-54-51-24-21-18-15-12-9-6-3)83-77(80)71-68-65-62-59-56-53-50-48-46-44-42-39-36-34-32-30-28-26-23-20-17-14-11-8-5-2/h7-12,16-21,25-28,31-34,37-39,41-43,47,49,51,54-55,58,60,63,74H,4-6,13-15,22-24,29-30,35-36,40,44-46,48,50,52-53,56-57,59,61-62,64-73H2,1-3H3/b10-7-,11-8-,12-9-,19-16-,20-17-,21-18-,27-25-,28-26-,33-31-,34-32-,38-37-,42-39-,43-41-,49-47-,54-51-,58-55-,63-60-. The number of rotatable bonds is 56. The number of hydrogen-bond acceptors (Lipinski definition) is 6. The minimum absolute atomic E-state index is 0.137. The minimum atomic E-state index is -0.843. The van der Waals surface area contributed by atoms with Crippen molar-refractivity contribution in [3.8, 4) is 0 Å². The summed E-state index contributed by atoms with van der Waals surface area (Å²) in [4.78, 5) is 38.3. The van der Waals surface area contributed by atoms with Gasteiger partial charge in [-0.05, 0) is 154 Å². The first-order valence-electron chi connectivity index (χ1n) is 32.6. The number of hydrogen-bond donors (Lipinski definition) is 0. The topological polar surface area (TPSA) is 78.9 Å². The molecule has 0 spiro atoms. The van der Waals surface area contributed by atoms with Crippen LogP contribution in [0, 0.1) is 0 Å². The van der Waals surface area contributed by atoms with Gasteiger partial charge in [-0.2, -0.15) is 0 Å². The van der Waals surface area contributed by atoms with Gasteiger partial charge in [-0.15, -0.1) is 0 Å². The lowest BCUT2D eigenvalue weighted by Gasteiger charge is -2.18. The zero-order valence-electron chi connectivity index (χ0n) is 52.6. The van der Waals surface area contributed by atoms with E-state index in [9.17, 15) is 14.4 Å². The van der Waals surface area contributed by atoms with Crippen molar-refractivity contribution in [3.05, 3.63) is 207 Å². The first-order chi connectivity index (χ1) is 41.0. The van der Waals surface area contributed by atoms with E-state index in [-0.39, 0.29) is 50.4 Å². The second-order valence-electron chi connectivity index (χ2n) is 20.5. The van der Waals surface area contributed by atoms with E-state index in [0.29, 0.717) is 12.8 Å². The Labute approximate surface area is 509 Å². The smallest absolute Gasteiger partial charge is 0.306 e. The van der Waals surface area contributed by atoms with Crippen LogP contribution in [-0.2, 0) is 28.6 Å². The molecule has 0 amide bonds. The minimum Gasteiger partial charge on any atom is -0.462 e. The maximum Gasteiger partial charge on any atom is 0.306 e. The van der Waals surface area contributed by atoms with Crippen molar-refractivity contribution < 1.29 is 28.6 Å². The number of ether oxygens (including phenoxy) is 3. The van der Waals surface area contributed by atoms with Crippen LogP contribution in [0.15, 0.2) is 207 Å². The molecule has 6 nitrogen and oxygen atoms in total. The van der Waals surface area contributed by atoms with E-state index in [2.05, 4.69) is 215 Å². The maximum absolute atomic E-state index is 12.9. The molecule has 0 bridgehead atoms. The largest absolute Gasteiger partial charge is 0.462 e. The molecule has 0 fully saturated rings. The Morgan fingerprint density at radius 2 is 0.458 bits per heavy atom. The van der Waals surface area contributed by atoms with E-state index in [1.54, 1.807) is 0 Å². The summed E-state index contributed by atoms with van der Waals surface area (Å²) < 4.78 is 16.8. The van der Waals surface area contributed by atoms with Crippen LogP contribution in [0.25, 0.3) is 0 Å². The zero-order valence-corrected chi connectivity index (χ0v) is 52.6. The van der Waals surface area contributed by atoms with Gasteiger partial charge in [0.15, 0.2) is 6.10 Å². The average molecular weight is 1140 g/mol. The monoisotopic (exact) mass is 1140 g/mol. The van der Waals surface area contributed by atoms with E-state index in [1.165, 1.54) is 38.5 Å². The molecule has 0 aliphatic heterocycles. The van der Waals surface area contributed by atoms with Crippen LogP contribution in [0.3, 0.4) is 0 Å². The molecule has 0 aliphatic rings. The maximum atomic E-state index is 12.9. The van der Waals surface area contributed by atoms with Crippen LogP contribution < -0.4 is 0 Å². The van der Waals surface area contributed by atoms with Gasteiger partial charge in [0, 0.05) is 19.3 Å². The quantitative estimate of drug-likeness (QED) is 0.0261. The molecule has 0 N–H and O–H groups in total. The lowest BCUT2D eigenvalue weighted by molar-refractivity contribution is -0.166. The molecule has 83 heavy (non-hydrogen) atoms. The fraction of sp³-hybridized carbons (Fsp3) is 0.519. The predicted octanol–water partition coefficient (Wildman–Crippen LogP) is 22.8. The highest BCUT2D eigenvalue weighted by atomic mass is 16.6. The second kappa shape index (κ2) is 68.5. The summed E-state index contributed by atoms with van der Waals surface area (Å²) in [5, 5.41) is 0. The average Bonchev–Trinajstić information content (AvgIpc) is 3.49. The van der Waals surface area contributed by atoms with E-state index in [0.717, 1.165) is 148 Å². The molecule has 0 saturated carbocycles. The van der Waals surface area contributed by atoms with Gasteiger partial charge in [0.2, 0.25) is 0 Å². The van der Waals surface area contributed by atoms with Gasteiger partial charge in [0.1, 0.15) is 13.2 Å². The third kappa shape index (κ3) is 66.7. The molecule has 460 valence electrons. The van der Waals surface area contributed by atoms with Gasteiger partial charge in [-0.25, -0.2) is 0 Å². The molecule has 0 heterocycles. The van der Waals surface area contributed by atoms with Gasteiger partial charge in [0.25, 0.3) is 0 Å². The third-order valence-electron chi connectivity index (χ3n) is 12.8. The zero-order chi connectivity index (χ0) is 59.9. The van der Waals surface area contributed by atoms with Crippen LogP contribution in [-0.4, -0.2) is 37.2 Å². The molecular weight excluding hydrogens is 1020 g/mol. The molecular formula is C77H116O6. The number of unbranched alkanes of at least 4 members (excludes halogenated alkanes) is 11. The van der Waals surface area contributed by atoms with Crippen LogP contribution in [0.1, 0.15) is 239 Å². The molecule has 0 aromatic heterocycles. The molecule has 0 aliphatic carbocycles. The molecule has 0 rings (SSSR count). The predicted molar refractivity (Wildman–Crippen MR) is 361 cm³/mol. The highest BCUT2D eigenvalue weighted by Crippen LogP contribution is 2.14. The summed E-state index contributed by atoms with van der Waals surface area (Å²) in [7, 11) is 0. The van der Waals surface area contributed by atoms with E-state index in [4.69, 9.17) is 14.2 Å². The molecule has 0 aromatic carbocycles. The third-order valence-corrected chi connectivity index (χ3v) is 12.8. The number of allylic oxidation sites excluding steroid dienone is 34. The lowest BCUT2D eigenvalue weighted by Crippen LogP contribution is -2.30. The van der Waals surface area contributed by atoms with Crippen LogP contribution in [0.2, 0.25) is 0 Å². The first kappa shape index (κ1) is 77.0. The molecule has 6 heteroatoms. The Balaban J connectivity index is 4.51. The van der Waals surface area contributed by atoms with E-state index >= 15 is 0 Å². The second-order valence-corrected chi connectivity index (χ2v) is 20.5. The normalized spacial score (nSPS) is 13.5. The number of carbonyl (C=O) groups excluding carboxylic acids is 3. The van der Waals surface area contributed by atoms with Crippen LogP contribution in [0.5, 0.6) is 0 Å². The van der Waals surface area contributed by atoms with E-state index in [1.807, 2.05) is 12.2 Å². The van der Waals surface area contributed by atoms with Crippen molar-refractivity contribution >= 4 is 17.9 Å². The van der Waals surface area contributed by atoms with Gasteiger partial charge < -0.3 is 14.2 Å². The van der Waals surface area contributed by atoms with Crippen molar-refractivity contribution in [3.63, 3.8) is 0 Å². The summed E-state index contributed by atoms with van der Waals surface area (Å²) in [6.45, 7) is 6.17. The van der Waals surface area contributed by atoms with Gasteiger partial charge in [-0.1, -0.05) is 272 Å². The van der Waals surface area contributed by atoms with Crippen molar-refractivity contribution in [2.75, 3.05) is 13.2 Å². The van der Waals surface area contributed by atoms with Gasteiger partial charge in [0.05, 0.1) is 0 Å². The fourth-order valence-electron chi connectivity index (χ4n) is 8.03. The highest BCUT2D eigenvalue weighted by molar-refractivity contribution is 5.71. The van der Waals surface area contributed by atoms with E-state index < -0.39 is 6.10 Å². The van der Waals surface area contributed by atoms with Crippen LogP contribution in [0.4, 0.5) is 0 Å². The summed E-state index contributed by atoms with van der Waals surface area (Å²) in [5.74, 6) is -1.08. The summed E-state index contributed by atoms with van der Waals surface area (Å²) >= 11 is 0. The number of carbonyl (C=O) groups is 3. The Hall–Kier alpha value is -6.01. The Morgan fingerprint density at radius 1 is 0.241 bits per heavy atom. The van der Waals surface area contributed by atoms with Gasteiger partial charge >= 0.3 is 17.9 Å². The van der Waals surface area contributed by atoms with Crippen molar-refractivity contribution in [2.24, 2.45) is 0 Å². The van der Waals surface area contributed by atoms with Crippen molar-refractivity contribution in [2.45, 2.75) is 245 Å². The van der Waals surface area contributed by atoms with Crippen molar-refractivity contribution in [1.82, 2.24) is 0 Å². The molecule has 1 unspecified atom stereocenters. The summed E-state index contributed by atoms with van der Waals surface area (Å²) in [6.07, 6.45) is 106. The van der Waals surface area contributed by atoms with Crippen molar-refractivity contribution in [1.29, 1.82) is 0 Å². The summed E-state index contributed by atoms with van der Waals surface area (Å²) in [5.41, 5.74) is 0. The molecule has 0 saturated heterocycles. The summed E-state index contributed by atoms with van der Waals surface area (Å²) in [6, 6.07) is 0. The van der Waals surface area contributed by atoms with Gasteiger partial charge in [-0.3, -0.25) is 14.4 Å². The molecule has 0 aromatic rings. The van der Waals surface area contributed by atoms with Crippen LogP contribution >= 0.6 is 0 Å². The molecule has 0 radical (unpaired) electrons. The first-order valence-corrected chi connectivity index (χ1v) is 32.6. The molecule has 1 atom stereocenters. The SMILES string of the molecule is CC/C=C\C/C=C\C/C=C\C/C=C\C/C=C\C/C=C\C/C=C\C/C=C\CCCCC(=O)OCC(COC(=O)CC/C=C\C/C=C\C/C=C\C/C=C\CC)OC(=O)CCCCCCCCCCC/C=C\C/C=C\C/C=C\C/C=C\C/C=C\CC. The number of esters is 3. The Bertz CT molecular complexity index is 2030. The Kier molecular flexibility index (Phi) is 63.5. The highest BCUT2D eigenvalue weighted by Gasteiger charge is 2.19. The fourth-order valence-corrected chi connectivity index (χ4v) is 8.03.